The van der Waals surface area contributed by atoms with Gasteiger partial charge in [0.15, 0.2) is 5.82 Å². The van der Waals surface area contributed by atoms with E-state index < -0.39 is 0 Å². The minimum Gasteiger partial charge on any atom is -0.323 e. The summed E-state index contributed by atoms with van der Waals surface area (Å²) in [4.78, 5) is 8.17. The number of nitrogens with one attached hydrogen (secondary N) is 1. The number of anilines is 2. The first kappa shape index (κ1) is 12.3. The SMILES string of the molecule is Cc1nc(Cl)cc(Nc2ccn(CCC#N)n2)n1. The summed E-state index contributed by atoms with van der Waals surface area (Å²) in [5.41, 5.74) is 0. The molecule has 92 valence electrons. The Morgan fingerprint density at radius 3 is 3.00 bits per heavy atom. The van der Waals surface area contributed by atoms with E-state index in [0.29, 0.717) is 35.6 Å². The molecule has 0 fully saturated rings. The number of halogens is 1. The second-order valence-electron chi connectivity index (χ2n) is 3.62. The van der Waals surface area contributed by atoms with E-state index in [1.54, 1.807) is 23.9 Å². The third-order valence-corrected chi connectivity index (χ3v) is 2.35. The lowest BCUT2D eigenvalue weighted by molar-refractivity contribution is 0.630. The number of nitriles is 1. The molecule has 6 nitrogen and oxygen atoms in total. The Hall–Kier alpha value is -2.13. The van der Waals surface area contributed by atoms with Gasteiger partial charge in [0.1, 0.15) is 16.8 Å². The Labute approximate surface area is 109 Å². The van der Waals surface area contributed by atoms with Gasteiger partial charge in [-0.25, -0.2) is 9.97 Å². The predicted molar refractivity (Wildman–Crippen MR) is 67.5 cm³/mol. The van der Waals surface area contributed by atoms with Gasteiger partial charge in [0.2, 0.25) is 0 Å². The lowest BCUT2D eigenvalue weighted by Gasteiger charge is -2.03. The van der Waals surface area contributed by atoms with E-state index >= 15 is 0 Å². The summed E-state index contributed by atoms with van der Waals surface area (Å²) in [5, 5.41) is 16.2. The number of rotatable bonds is 4. The van der Waals surface area contributed by atoms with Crippen molar-refractivity contribution in [1.82, 2.24) is 19.7 Å². The normalized spacial score (nSPS) is 10.1. The van der Waals surface area contributed by atoms with Crippen LogP contribution in [-0.2, 0) is 6.54 Å². The smallest absolute Gasteiger partial charge is 0.153 e. The summed E-state index contributed by atoms with van der Waals surface area (Å²) in [6.45, 7) is 2.34. The molecule has 0 aromatic carbocycles. The third-order valence-electron chi connectivity index (χ3n) is 2.16. The molecule has 2 aromatic heterocycles. The Bertz CT molecular complexity index is 565. The van der Waals surface area contributed by atoms with Crippen molar-refractivity contribution >= 4 is 23.2 Å². The van der Waals surface area contributed by atoms with Crippen LogP contribution in [0.4, 0.5) is 11.6 Å². The molecule has 2 aromatic rings. The van der Waals surface area contributed by atoms with E-state index in [4.69, 9.17) is 16.9 Å². The van der Waals surface area contributed by atoms with Crippen LogP contribution in [0.2, 0.25) is 5.15 Å². The van der Waals surface area contributed by atoms with Gasteiger partial charge < -0.3 is 5.32 Å². The molecule has 0 unspecified atom stereocenters. The summed E-state index contributed by atoms with van der Waals surface area (Å²) < 4.78 is 1.70. The van der Waals surface area contributed by atoms with Crippen molar-refractivity contribution in [3.63, 3.8) is 0 Å². The molecule has 0 aliphatic rings. The highest BCUT2D eigenvalue weighted by Crippen LogP contribution is 2.15. The zero-order valence-corrected chi connectivity index (χ0v) is 10.5. The van der Waals surface area contributed by atoms with Crippen molar-refractivity contribution in [2.45, 2.75) is 19.9 Å². The Morgan fingerprint density at radius 2 is 2.28 bits per heavy atom. The van der Waals surface area contributed by atoms with Crippen LogP contribution in [0.3, 0.4) is 0 Å². The zero-order valence-electron chi connectivity index (χ0n) is 9.76. The summed E-state index contributed by atoms with van der Waals surface area (Å²) in [6, 6.07) is 5.51. The van der Waals surface area contributed by atoms with Gasteiger partial charge in [-0.05, 0) is 6.92 Å². The molecule has 0 radical (unpaired) electrons. The average molecular weight is 263 g/mol. The molecular weight excluding hydrogens is 252 g/mol. The van der Waals surface area contributed by atoms with Crippen LogP contribution in [0.15, 0.2) is 18.3 Å². The molecular formula is C11H11ClN6. The van der Waals surface area contributed by atoms with E-state index in [-0.39, 0.29) is 0 Å². The van der Waals surface area contributed by atoms with Gasteiger partial charge in [0, 0.05) is 18.3 Å². The molecule has 2 rings (SSSR count). The van der Waals surface area contributed by atoms with Gasteiger partial charge in [-0.1, -0.05) is 11.6 Å². The first-order valence-corrected chi connectivity index (χ1v) is 5.74. The van der Waals surface area contributed by atoms with Gasteiger partial charge in [-0.3, -0.25) is 4.68 Å². The van der Waals surface area contributed by atoms with Gasteiger partial charge >= 0.3 is 0 Å². The molecule has 0 amide bonds. The first-order chi connectivity index (χ1) is 8.67. The number of nitrogens with zero attached hydrogens (tertiary/aromatic N) is 5. The maximum Gasteiger partial charge on any atom is 0.153 e. The number of hydrogen-bond donors (Lipinski definition) is 1. The van der Waals surface area contributed by atoms with Crippen LogP contribution in [0.5, 0.6) is 0 Å². The average Bonchev–Trinajstić information content (AvgIpc) is 2.72. The van der Waals surface area contributed by atoms with Crippen LogP contribution in [-0.4, -0.2) is 19.7 Å². The van der Waals surface area contributed by atoms with Gasteiger partial charge in [-0.2, -0.15) is 10.4 Å². The highest BCUT2D eigenvalue weighted by molar-refractivity contribution is 6.29. The Morgan fingerprint density at radius 1 is 1.44 bits per heavy atom. The second-order valence-corrected chi connectivity index (χ2v) is 4.01. The van der Waals surface area contributed by atoms with E-state index in [0.717, 1.165) is 0 Å². The lowest BCUT2D eigenvalue weighted by atomic mass is 10.5. The van der Waals surface area contributed by atoms with Crippen LogP contribution >= 0.6 is 11.6 Å². The van der Waals surface area contributed by atoms with Crippen molar-refractivity contribution in [2.24, 2.45) is 0 Å². The van der Waals surface area contributed by atoms with E-state index in [2.05, 4.69) is 26.5 Å². The first-order valence-electron chi connectivity index (χ1n) is 5.36. The largest absolute Gasteiger partial charge is 0.323 e. The topological polar surface area (TPSA) is 79.4 Å². The van der Waals surface area contributed by atoms with E-state index in [9.17, 15) is 0 Å². The fraction of sp³-hybridized carbons (Fsp3) is 0.273. The monoisotopic (exact) mass is 262 g/mol. The minimum atomic E-state index is 0.383. The van der Waals surface area contributed by atoms with Crippen molar-refractivity contribution < 1.29 is 0 Å². The van der Waals surface area contributed by atoms with Gasteiger partial charge in [-0.15, -0.1) is 0 Å². The lowest BCUT2D eigenvalue weighted by Crippen LogP contribution is -2.01. The number of hydrogen-bond acceptors (Lipinski definition) is 5. The zero-order chi connectivity index (χ0) is 13.0. The molecule has 2 heterocycles. The van der Waals surface area contributed by atoms with Crippen molar-refractivity contribution in [2.75, 3.05) is 5.32 Å². The highest BCUT2D eigenvalue weighted by Gasteiger charge is 2.03. The van der Waals surface area contributed by atoms with Gasteiger partial charge in [0.25, 0.3) is 0 Å². The molecule has 0 spiro atoms. The maximum atomic E-state index is 8.49. The number of aromatic nitrogens is 4. The highest BCUT2D eigenvalue weighted by atomic mass is 35.5. The molecule has 0 aliphatic heterocycles. The molecule has 0 saturated carbocycles. The standard InChI is InChI=1S/C11H11ClN6/c1-8-14-9(12)7-11(15-8)16-10-3-6-18(17-10)5-2-4-13/h3,6-7H,2,5H2,1H3,(H,14,15,16,17). The molecule has 1 N–H and O–H groups in total. The predicted octanol–water partition coefficient (Wildman–Crippen LogP) is 2.29. The molecule has 0 atom stereocenters. The van der Waals surface area contributed by atoms with E-state index in [1.807, 2.05) is 6.07 Å². The van der Waals surface area contributed by atoms with Crippen molar-refractivity contribution in [3.05, 3.63) is 29.3 Å². The fourth-order valence-electron chi connectivity index (χ4n) is 1.44. The summed E-state index contributed by atoms with van der Waals surface area (Å²) >= 11 is 5.84. The quantitative estimate of drug-likeness (QED) is 0.855. The second kappa shape index (κ2) is 5.47. The number of aryl methyl sites for hydroxylation is 2. The van der Waals surface area contributed by atoms with Crippen LogP contribution in [0, 0.1) is 18.3 Å². The maximum absolute atomic E-state index is 8.49. The van der Waals surface area contributed by atoms with Crippen LogP contribution < -0.4 is 5.32 Å². The van der Waals surface area contributed by atoms with Crippen LogP contribution in [0.1, 0.15) is 12.2 Å². The summed E-state index contributed by atoms with van der Waals surface area (Å²) in [5.74, 6) is 1.84. The van der Waals surface area contributed by atoms with Crippen molar-refractivity contribution in [1.29, 1.82) is 5.26 Å². The molecule has 7 heteroatoms. The Kier molecular flexibility index (Phi) is 3.75. The Balaban J connectivity index is 2.09. The van der Waals surface area contributed by atoms with Crippen LogP contribution in [0.25, 0.3) is 0 Å². The molecule has 18 heavy (non-hydrogen) atoms. The van der Waals surface area contributed by atoms with E-state index in [1.165, 1.54) is 0 Å². The van der Waals surface area contributed by atoms with Crippen molar-refractivity contribution in [3.8, 4) is 6.07 Å². The minimum absolute atomic E-state index is 0.383. The fourth-order valence-corrected chi connectivity index (χ4v) is 1.67. The third kappa shape index (κ3) is 3.18. The molecule has 0 saturated heterocycles. The van der Waals surface area contributed by atoms with Gasteiger partial charge in [0.05, 0.1) is 19.0 Å². The molecule has 0 bridgehead atoms. The summed E-state index contributed by atoms with van der Waals surface area (Å²) in [7, 11) is 0. The summed E-state index contributed by atoms with van der Waals surface area (Å²) in [6.07, 6.45) is 2.23. The molecule has 0 aliphatic carbocycles.